The molecule has 0 aliphatic carbocycles. The monoisotopic (exact) mass is 478 g/mol. The number of ether oxygens (including phenoxy) is 3. The molecular formula is C27H27ClN2O4. The number of amides is 1. The molecule has 0 unspecified atom stereocenters. The molecule has 0 atom stereocenters. The summed E-state index contributed by atoms with van der Waals surface area (Å²) in [4.78, 5) is 16.4. The largest absolute Gasteiger partial charge is 0.490 e. The van der Waals surface area contributed by atoms with Gasteiger partial charge in [0.05, 0.1) is 19.8 Å². The second-order valence-electron chi connectivity index (χ2n) is 7.55. The fourth-order valence-electron chi connectivity index (χ4n) is 3.72. The molecule has 2 N–H and O–H groups in total. The summed E-state index contributed by atoms with van der Waals surface area (Å²) in [5, 5.41) is 4.69. The molecule has 0 radical (unpaired) electrons. The van der Waals surface area contributed by atoms with E-state index in [2.05, 4.69) is 16.4 Å². The summed E-state index contributed by atoms with van der Waals surface area (Å²) < 4.78 is 17.2. The number of aromatic amines is 1. The Morgan fingerprint density at radius 1 is 0.853 bits per heavy atom. The topological polar surface area (TPSA) is 72.6 Å². The zero-order valence-corrected chi connectivity index (χ0v) is 20.2. The zero-order chi connectivity index (χ0) is 24.1. The summed E-state index contributed by atoms with van der Waals surface area (Å²) in [5.41, 5.74) is 4.10. The molecule has 34 heavy (non-hydrogen) atoms. The molecule has 7 heteroatoms. The Morgan fingerprint density at radius 2 is 1.50 bits per heavy atom. The molecule has 3 aromatic carbocycles. The maximum atomic E-state index is 13.0. The third kappa shape index (κ3) is 5.13. The highest BCUT2D eigenvalue weighted by molar-refractivity contribution is 6.31. The van der Waals surface area contributed by atoms with Gasteiger partial charge in [-0.3, -0.25) is 4.79 Å². The molecule has 0 aliphatic heterocycles. The highest BCUT2D eigenvalue weighted by Crippen LogP contribution is 2.39. The van der Waals surface area contributed by atoms with Gasteiger partial charge in [-0.1, -0.05) is 23.7 Å². The van der Waals surface area contributed by atoms with Crippen LogP contribution in [0, 0.1) is 0 Å². The Kier molecular flexibility index (Phi) is 7.28. The Balaban J connectivity index is 1.56. The van der Waals surface area contributed by atoms with E-state index in [4.69, 9.17) is 25.8 Å². The van der Waals surface area contributed by atoms with Crippen LogP contribution in [0.1, 0.15) is 31.1 Å². The Bertz CT molecular complexity index is 1270. The molecule has 1 heterocycles. The first-order chi connectivity index (χ1) is 16.5. The van der Waals surface area contributed by atoms with Gasteiger partial charge in [-0.15, -0.1) is 0 Å². The molecule has 0 spiro atoms. The Labute approximate surface area is 203 Å². The lowest BCUT2D eigenvalue weighted by atomic mass is 10.1. The second kappa shape index (κ2) is 10.5. The van der Waals surface area contributed by atoms with Crippen LogP contribution in [0.4, 0.5) is 5.69 Å². The van der Waals surface area contributed by atoms with E-state index in [0.717, 1.165) is 22.2 Å². The average Bonchev–Trinajstić information content (AvgIpc) is 3.25. The normalized spacial score (nSPS) is 10.8. The van der Waals surface area contributed by atoms with Crippen LogP contribution >= 0.6 is 11.6 Å². The molecule has 0 saturated carbocycles. The van der Waals surface area contributed by atoms with Crippen molar-refractivity contribution < 1.29 is 19.0 Å². The molecule has 4 aromatic rings. The van der Waals surface area contributed by atoms with Gasteiger partial charge in [-0.2, -0.15) is 0 Å². The van der Waals surface area contributed by atoms with Gasteiger partial charge < -0.3 is 24.5 Å². The zero-order valence-electron chi connectivity index (χ0n) is 19.4. The van der Waals surface area contributed by atoms with Crippen LogP contribution in [0.3, 0.4) is 0 Å². The number of aromatic nitrogens is 1. The molecule has 1 aromatic heterocycles. The van der Waals surface area contributed by atoms with Crippen LogP contribution in [0.25, 0.3) is 22.2 Å². The van der Waals surface area contributed by atoms with Crippen LogP contribution in [0.2, 0.25) is 5.02 Å². The number of carbonyl (C=O) groups excluding carboxylic acids is 1. The number of fused-ring (bicyclic) bond motifs is 1. The number of carbonyl (C=O) groups is 1. The minimum atomic E-state index is -0.266. The minimum Gasteiger partial charge on any atom is -0.490 e. The third-order valence-electron chi connectivity index (χ3n) is 5.21. The molecule has 1 amide bonds. The van der Waals surface area contributed by atoms with Gasteiger partial charge in [0, 0.05) is 32.9 Å². The molecular weight excluding hydrogens is 452 g/mol. The van der Waals surface area contributed by atoms with Crippen molar-refractivity contribution in [2.24, 2.45) is 0 Å². The summed E-state index contributed by atoms with van der Waals surface area (Å²) in [7, 11) is 0. The van der Waals surface area contributed by atoms with E-state index in [1.54, 1.807) is 12.1 Å². The Hall–Kier alpha value is -3.64. The molecule has 4 rings (SSSR count). The van der Waals surface area contributed by atoms with Crippen LogP contribution in [0.15, 0.2) is 60.7 Å². The van der Waals surface area contributed by atoms with Crippen molar-refractivity contribution in [2.75, 3.05) is 25.1 Å². The van der Waals surface area contributed by atoms with Crippen LogP contribution in [0.5, 0.6) is 17.2 Å². The van der Waals surface area contributed by atoms with E-state index in [-0.39, 0.29) is 5.91 Å². The van der Waals surface area contributed by atoms with Crippen molar-refractivity contribution in [2.45, 2.75) is 20.8 Å². The average molecular weight is 479 g/mol. The number of nitrogens with one attached hydrogen (secondary N) is 2. The van der Waals surface area contributed by atoms with Gasteiger partial charge in [0.2, 0.25) is 5.75 Å². The van der Waals surface area contributed by atoms with Crippen molar-refractivity contribution in [3.8, 4) is 28.5 Å². The van der Waals surface area contributed by atoms with Gasteiger partial charge >= 0.3 is 0 Å². The first-order valence-corrected chi connectivity index (χ1v) is 11.7. The van der Waals surface area contributed by atoms with Crippen molar-refractivity contribution >= 4 is 34.1 Å². The fraction of sp³-hybridized carbons (Fsp3) is 0.222. The summed E-state index contributed by atoms with van der Waals surface area (Å²) in [5.74, 6) is 1.20. The van der Waals surface area contributed by atoms with Gasteiger partial charge in [0.15, 0.2) is 11.5 Å². The van der Waals surface area contributed by atoms with E-state index in [1.165, 1.54) is 0 Å². The van der Waals surface area contributed by atoms with Crippen molar-refractivity contribution in [3.05, 3.63) is 71.2 Å². The van der Waals surface area contributed by atoms with Gasteiger partial charge in [0.1, 0.15) is 0 Å². The molecule has 6 nitrogen and oxygen atoms in total. The quantitative estimate of drug-likeness (QED) is 0.273. The first-order valence-electron chi connectivity index (χ1n) is 11.3. The van der Waals surface area contributed by atoms with Crippen LogP contribution < -0.4 is 19.5 Å². The van der Waals surface area contributed by atoms with E-state index >= 15 is 0 Å². The number of rotatable bonds is 9. The number of benzene rings is 3. The molecule has 0 bridgehead atoms. The SMILES string of the molecule is CCOc1cc(C(=O)Nc2ccc(-c3cc4cc(Cl)ccc4[nH]3)cc2)cc(OCC)c1OCC. The van der Waals surface area contributed by atoms with Gasteiger partial charge in [-0.25, -0.2) is 0 Å². The lowest BCUT2D eigenvalue weighted by Gasteiger charge is -2.17. The lowest BCUT2D eigenvalue weighted by molar-refractivity contribution is 0.102. The molecule has 0 saturated heterocycles. The number of hydrogen-bond donors (Lipinski definition) is 2. The van der Waals surface area contributed by atoms with Crippen molar-refractivity contribution in [1.29, 1.82) is 0 Å². The highest BCUT2D eigenvalue weighted by Gasteiger charge is 2.18. The smallest absolute Gasteiger partial charge is 0.255 e. The predicted octanol–water partition coefficient (Wildman–Crippen LogP) is 6.94. The van der Waals surface area contributed by atoms with E-state index in [9.17, 15) is 4.79 Å². The van der Waals surface area contributed by atoms with Gasteiger partial charge in [0.25, 0.3) is 5.91 Å². The molecule has 0 fully saturated rings. The van der Waals surface area contributed by atoms with Crippen molar-refractivity contribution in [1.82, 2.24) is 4.98 Å². The first kappa shape index (κ1) is 23.5. The highest BCUT2D eigenvalue weighted by atomic mass is 35.5. The summed E-state index contributed by atoms with van der Waals surface area (Å²) in [6.45, 7) is 7.00. The Morgan fingerprint density at radius 3 is 2.12 bits per heavy atom. The van der Waals surface area contributed by atoms with Gasteiger partial charge in [-0.05, 0) is 74.9 Å². The van der Waals surface area contributed by atoms with Crippen LogP contribution in [-0.2, 0) is 0 Å². The van der Waals surface area contributed by atoms with E-state index in [0.29, 0.717) is 53.3 Å². The predicted molar refractivity (Wildman–Crippen MR) is 137 cm³/mol. The number of hydrogen-bond acceptors (Lipinski definition) is 4. The fourth-order valence-corrected chi connectivity index (χ4v) is 3.90. The summed E-state index contributed by atoms with van der Waals surface area (Å²) in [6, 6.07) is 18.8. The number of H-pyrrole nitrogens is 1. The maximum absolute atomic E-state index is 13.0. The summed E-state index contributed by atoms with van der Waals surface area (Å²) in [6.07, 6.45) is 0. The second-order valence-corrected chi connectivity index (χ2v) is 7.98. The number of anilines is 1. The van der Waals surface area contributed by atoms with Crippen molar-refractivity contribution in [3.63, 3.8) is 0 Å². The standard InChI is InChI=1S/C27H27ClN2O4/c1-4-32-24-15-19(16-25(33-5-2)26(24)34-6-3)27(31)29-21-10-7-17(8-11-21)23-14-18-13-20(28)9-12-22(18)30-23/h7-16,30H,4-6H2,1-3H3,(H,29,31). The number of halogens is 1. The van der Waals surface area contributed by atoms with Crippen LogP contribution in [-0.4, -0.2) is 30.7 Å². The summed E-state index contributed by atoms with van der Waals surface area (Å²) >= 11 is 6.10. The molecule has 0 aliphatic rings. The minimum absolute atomic E-state index is 0.266. The van der Waals surface area contributed by atoms with E-state index < -0.39 is 0 Å². The maximum Gasteiger partial charge on any atom is 0.255 e. The molecule has 176 valence electrons. The lowest BCUT2D eigenvalue weighted by Crippen LogP contribution is -2.13. The third-order valence-corrected chi connectivity index (χ3v) is 5.44. The van der Waals surface area contributed by atoms with E-state index in [1.807, 2.05) is 63.2 Å².